The summed E-state index contributed by atoms with van der Waals surface area (Å²) < 4.78 is 27.8. The van der Waals surface area contributed by atoms with Crippen LogP contribution >= 0.6 is 0 Å². The Kier molecular flexibility index (Phi) is 12.0. The first-order valence-corrected chi connectivity index (χ1v) is 23.3. The molecule has 1 saturated heterocycles. The Balaban J connectivity index is 0.000000135. The van der Waals surface area contributed by atoms with Gasteiger partial charge in [-0.1, -0.05) is 20.8 Å². The molecule has 0 spiro atoms. The Morgan fingerprint density at radius 1 is 0.644 bits per heavy atom. The number of carbonyl (C=O) groups excluding carboxylic acids is 5. The van der Waals surface area contributed by atoms with E-state index in [1.807, 2.05) is 41.5 Å². The summed E-state index contributed by atoms with van der Waals surface area (Å²) in [6.45, 7) is 17.1. The molecular formula is C48H74O11. The van der Waals surface area contributed by atoms with Crippen molar-refractivity contribution in [1.82, 2.24) is 0 Å². The Labute approximate surface area is 352 Å². The molecule has 7 unspecified atom stereocenters. The van der Waals surface area contributed by atoms with Gasteiger partial charge in [0.1, 0.15) is 23.4 Å². The molecule has 11 rings (SSSR count). The van der Waals surface area contributed by atoms with Crippen LogP contribution in [0.3, 0.4) is 0 Å². The summed E-state index contributed by atoms with van der Waals surface area (Å²) in [6, 6.07) is 0. The van der Waals surface area contributed by atoms with Crippen LogP contribution in [0.5, 0.6) is 0 Å². The Hall–Kier alpha value is -2.69. The molecule has 0 aromatic heterocycles. The van der Waals surface area contributed by atoms with Crippen molar-refractivity contribution in [2.75, 3.05) is 6.61 Å². The minimum atomic E-state index is -0.610. The highest BCUT2D eigenvalue weighted by molar-refractivity contribution is 5.80. The summed E-state index contributed by atoms with van der Waals surface area (Å²) in [7, 11) is 0. The first-order valence-electron chi connectivity index (χ1n) is 23.3. The van der Waals surface area contributed by atoms with Gasteiger partial charge in [0.2, 0.25) is 0 Å². The third kappa shape index (κ3) is 8.98. The van der Waals surface area contributed by atoms with Gasteiger partial charge in [-0.15, -0.1) is 0 Å². The molecule has 0 radical (unpaired) electrons. The van der Waals surface area contributed by atoms with Crippen molar-refractivity contribution in [2.45, 2.75) is 200 Å². The first-order chi connectivity index (χ1) is 27.5. The maximum absolute atomic E-state index is 12.4. The van der Waals surface area contributed by atoms with E-state index < -0.39 is 28.4 Å². The minimum absolute atomic E-state index is 0.00636. The van der Waals surface area contributed by atoms with Crippen LogP contribution < -0.4 is 0 Å². The summed E-state index contributed by atoms with van der Waals surface area (Å²) in [6.07, 6.45) is 16.5. The lowest BCUT2D eigenvalue weighted by atomic mass is 9.52. The Morgan fingerprint density at radius 2 is 1.10 bits per heavy atom. The monoisotopic (exact) mass is 827 g/mol. The fourth-order valence-electron chi connectivity index (χ4n) is 13.1. The number of carbonyl (C=O) groups is 5. The highest BCUT2D eigenvalue weighted by Gasteiger charge is 2.63. The van der Waals surface area contributed by atoms with Gasteiger partial charge in [-0.05, 0) is 174 Å². The van der Waals surface area contributed by atoms with Crippen molar-refractivity contribution < 1.29 is 52.8 Å². The first kappa shape index (κ1) is 44.4. The number of hydrogen-bond donors (Lipinski definition) is 1. The van der Waals surface area contributed by atoms with Crippen LogP contribution in [0.1, 0.15) is 171 Å². The lowest BCUT2D eigenvalue weighted by molar-refractivity contribution is -0.225. The van der Waals surface area contributed by atoms with E-state index in [0.29, 0.717) is 24.7 Å². The number of ether oxygens (including phenoxy) is 5. The lowest BCUT2D eigenvalue weighted by Gasteiger charge is -2.59. The van der Waals surface area contributed by atoms with Gasteiger partial charge < -0.3 is 28.8 Å². The second-order valence-corrected chi connectivity index (χ2v) is 22.9. The Morgan fingerprint density at radius 3 is 1.59 bits per heavy atom. The summed E-state index contributed by atoms with van der Waals surface area (Å²) in [4.78, 5) is 60.1. The van der Waals surface area contributed by atoms with Gasteiger partial charge in [0.05, 0.1) is 27.8 Å². The minimum Gasteiger partial charge on any atom is -0.459 e. The second-order valence-electron chi connectivity index (χ2n) is 22.9. The summed E-state index contributed by atoms with van der Waals surface area (Å²) >= 11 is 0. The van der Waals surface area contributed by atoms with E-state index in [-0.39, 0.29) is 71.1 Å². The lowest BCUT2D eigenvalue weighted by Crippen LogP contribution is -2.61. The number of rotatable bonds is 11. The fourth-order valence-corrected chi connectivity index (χ4v) is 13.1. The van der Waals surface area contributed by atoms with E-state index >= 15 is 0 Å². The number of hydrogen-bond acceptors (Lipinski definition) is 11. The maximum atomic E-state index is 12.4. The van der Waals surface area contributed by atoms with Crippen molar-refractivity contribution in [3.8, 4) is 0 Å². The summed E-state index contributed by atoms with van der Waals surface area (Å²) in [5.74, 6) is 2.83. The molecule has 332 valence electrons. The highest BCUT2D eigenvalue weighted by atomic mass is 16.6. The van der Waals surface area contributed by atoms with Gasteiger partial charge in [0, 0.05) is 18.3 Å². The topological polar surface area (TPSA) is 152 Å². The molecule has 0 aromatic carbocycles. The van der Waals surface area contributed by atoms with E-state index in [1.54, 1.807) is 13.8 Å². The molecule has 10 saturated carbocycles. The molecule has 11 heteroatoms. The predicted octanol–water partition coefficient (Wildman–Crippen LogP) is 8.44. The smallest absolute Gasteiger partial charge is 0.344 e. The molecule has 1 aliphatic heterocycles. The molecule has 11 fully saturated rings. The van der Waals surface area contributed by atoms with Crippen molar-refractivity contribution >= 4 is 29.8 Å². The SMILES string of the molecule is CCC(C)(C)C(=O)OC12CC3CC(CC(C3)C1)C2.CCC(C)(C)C(=O)OC12CC3CC(CC(O)(C3)C1)C2.CCC(C)(C)C(=O)OCC(=O)OC1C2CC3C(=O)OC1C3C2. The molecule has 10 bridgehead atoms. The molecule has 10 aliphatic carbocycles. The average molecular weight is 827 g/mol. The zero-order valence-electron chi connectivity index (χ0n) is 37.5. The summed E-state index contributed by atoms with van der Waals surface area (Å²) in [5, 5.41) is 10.6. The standard InChI is InChI=1S/C16H22O6.C16H26O3.C16H26O2/c1-4-16(2,3)15(19)20-7-11(17)21-12-8-5-9-10(6-8)14(18)22-13(9)12;1-4-14(2,3)13(17)19-16-8-11-5-12(9-16)7-15(18,6-11)10-16;1-4-15(2,3)14(17)18-16-8-11-5-12(9-16)7-13(6-11)10-16/h8-10,12-13H,4-7H2,1-3H3;11-12,18H,4-10H2,1-3H3;11-13H,4-10H2,1-3H3. The van der Waals surface area contributed by atoms with Gasteiger partial charge in [0.15, 0.2) is 6.61 Å². The van der Waals surface area contributed by atoms with Crippen LogP contribution in [0.2, 0.25) is 0 Å². The Bertz CT molecular complexity index is 1590. The molecule has 1 heterocycles. The zero-order valence-corrected chi connectivity index (χ0v) is 37.5. The molecule has 1 N–H and O–H groups in total. The van der Waals surface area contributed by atoms with Gasteiger partial charge in [0.25, 0.3) is 0 Å². The quantitative estimate of drug-likeness (QED) is 0.158. The third-order valence-corrected chi connectivity index (χ3v) is 16.9. The van der Waals surface area contributed by atoms with E-state index in [0.717, 1.165) is 88.4 Å². The van der Waals surface area contributed by atoms with Gasteiger partial charge in [-0.25, -0.2) is 4.79 Å². The largest absolute Gasteiger partial charge is 0.459 e. The van der Waals surface area contributed by atoms with Gasteiger partial charge in [-0.2, -0.15) is 0 Å². The third-order valence-electron chi connectivity index (χ3n) is 16.9. The molecule has 59 heavy (non-hydrogen) atoms. The molecule has 11 nitrogen and oxygen atoms in total. The van der Waals surface area contributed by atoms with E-state index in [2.05, 4.69) is 6.92 Å². The highest BCUT2D eigenvalue weighted by Crippen LogP contribution is 2.60. The number of esters is 5. The van der Waals surface area contributed by atoms with Crippen molar-refractivity contribution in [3.05, 3.63) is 0 Å². The van der Waals surface area contributed by atoms with Crippen molar-refractivity contribution in [3.63, 3.8) is 0 Å². The molecule has 11 aliphatic rings. The van der Waals surface area contributed by atoms with Crippen LogP contribution in [0.15, 0.2) is 0 Å². The van der Waals surface area contributed by atoms with Crippen LogP contribution in [-0.4, -0.2) is 70.6 Å². The van der Waals surface area contributed by atoms with E-state index in [1.165, 1.54) is 25.7 Å². The molecule has 0 amide bonds. The molecule has 0 aromatic rings. The zero-order chi connectivity index (χ0) is 42.9. The molecular weight excluding hydrogens is 753 g/mol. The fraction of sp³-hybridized carbons (Fsp3) is 0.896. The van der Waals surface area contributed by atoms with Crippen molar-refractivity contribution in [1.29, 1.82) is 0 Å². The van der Waals surface area contributed by atoms with Crippen LogP contribution in [0, 0.1) is 63.6 Å². The normalized spacial score (nSPS) is 40.3. The predicted molar refractivity (Wildman–Crippen MR) is 218 cm³/mol. The van der Waals surface area contributed by atoms with E-state index in [9.17, 15) is 29.1 Å². The van der Waals surface area contributed by atoms with E-state index in [4.69, 9.17) is 23.7 Å². The second kappa shape index (κ2) is 15.9. The van der Waals surface area contributed by atoms with Crippen LogP contribution in [-0.2, 0) is 47.7 Å². The van der Waals surface area contributed by atoms with Crippen LogP contribution in [0.25, 0.3) is 0 Å². The number of fused-ring (bicyclic) bond motifs is 1. The van der Waals surface area contributed by atoms with Crippen molar-refractivity contribution in [2.24, 2.45) is 63.6 Å². The average Bonchev–Trinajstić information content (AvgIpc) is 3.78. The van der Waals surface area contributed by atoms with Crippen LogP contribution in [0.4, 0.5) is 0 Å². The summed E-state index contributed by atoms with van der Waals surface area (Å²) in [5.41, 5.74) is -2.32. The maximum Gasteiger partial charge on any atom is 0.344 e. The number of aliphatic hydroxyl groups is 1. The van der Waals surface area contributed by atoms with Gasteiger partial charge in [-0.3, -0.25) is 19.2 Å². The molecule has 7 atom stereocenters. The van der Waals surface area contributed by atoms with Gasteiger partial charge >= 0.3 is 29.8 Å².